The summed E-state index contributed by atoms with van der Waals surface area (Å²) in [6.45, 7) is 0. The lowest BCUT2D eigenvalue weighted by Gasteiger charge is -2.04. The van der Waals surface area contributed by atoms with Gasteiger partial charge in [0.1, 0.15) is 0 Å². The number of carbonyl (C=O) groups is 1. The van der Waals surface area contributed by atoms with E-state index in [9.17, 15) is 13.2 Å². The van der Waals surface area contributed by atoms with Crippen LogP contribution >= 0.6 is 0 Å². The molecule has 1 amide bonds. The second kappa shape index (κ2) is 3.90. The minimum absolute atomic E-state index is 0.102. The van der Waals surface area contributed by atoms with Gasteiger partial charge in [-0.25, -0.2) is 4.72 Å². The van der Waals surface area contributed by atoms with E-state index < -0.39 is 10.2 Å². The average molecular weight is 200 g/mol. The first kappa shape index (κ1) is 9.53. The maximum absolute atomic E-state index is 10.9. The third kappa shape index (κ3) is 3.12. The van der Waals surface area contributed by atoms with E-state index in [-0.39, 0.29) is 6.41 Å². The number of amides is 1. The number of rotatable bonds is 4. The molecule has 0 bridgehead atoms. The molecule has 6 heteroatoms. The van der Waals surface area contributed by atoms with E-state index >= 15 is 0 Å². The second-order valence-corrected chi connectivity index (χ2v) is 3.65. The summed E-state index contributed by atoms with van der Waals surface area (Å²) in [7, 11) is -3.75. The predicted molar refractivity (Wildman–Crippen MR) is 48.2 cm³/mol. The van der Waals surface area contributed by atoms with Gasteiger partial charge in [0, 0.05) is 0 Å². The Morgan fingerprint density at radius 2 is 1.77 bits per heavy atom. The molecule has 0 aliphatic rings. The Kier molecular flexibility index (Phi) is 2.86. The molecule has 2 N–H and O–H groups in total. The molecule has 0 fully saturated rings. The predicted octanol–water partition coefficient (Wildman–Crippen LogP) is 0.0893. The van der Waals surface area contributed by atoms with Crippen molar-refractivity contribution in [1.29, 1.82) is 0 Å². The number of anilines is 1. The van der Waals surface area contributed by atoms with Gasteiger partial charge in [0.25, 0.3) is 0 Å². The third-order valence-corrected chi connectivity index (χ3v) is 2.14. The Morgan fingerprint density at radius 3 is 2.31 bits per heavy atom. The molecule has 13 heavy (non-hydrogen) atoms. The quantitative estimate of drug-likeness (QED) is 0.676. The Balaban J connectivity index is 2.75. The van der Waals surface area contributed by atoms with Crippen molar-refractivity contribution in [3.05, 3.63) is 30.3 Å². The van der Waals surface area contributed by atoms with Crippen molar-refractivity contribution >= 4 is 22.3 Å². The van der Waals surface area contributed by atoms with Crippen LogP contribution in [-0.2, 0) is 15.0 Å². The van der Waals surface area contributed by atoms with E-state index in [1.165, 1.54) is 0 Å². The standard InChI is InChI=1S/C7H8N2O3S/c10-6-8-13(11,12)9-7-4-2-1-3-5-7/h1-6,9H,(H,8,10). The highest BCUT2D eigenvalue weighted by molar-refractivity contribution is 7.91. The van der Waals surface area contributed by atoms with Gasteiger partial charge in [-0.3, -0.25) is 9.52 Å². The molecule has 0 heterocycles. The highest BCUT2D eigenvalue weighted by atomic mass is 32.2. The molecule has 0 spiro atoms. The summed E-state index contributed by atoms with van der Waals surface area (Å²) in [5, 5.41) is 0. The van der Waals surface area contributed by atoms with Gasteiger partial charge in [-0.1, -0.05) is 18.2 Å². The molecule has 0 radical (unpaired) electrons. The van der Waals surface area contributed by atoms with E-state index in [4.69, 9.17) is 0 Å². The summed E-state index contributed by atoms with van der Waals surface area (Å²) in [6.07, 6.45) is 0.102. The summed E-state index contributed by atoms with van der Waals surface area (Å²) in [4.78, 5) is 9.88. The van der Waals surface area contributed by atoms with Gasteiger partial charge in [-0.05, 0) is 12.1 Å². The van der Waals surface area contributed by atoms with E-state index in [2.05, 4.69) is 4.72 Å². The normalized spacial score (nSPS) is 10.5. The lowest BCUT2D eigenvalue weighted by molar-refractivity contribution is -0.108. The van der Waals surface area contributed by atoms with Crippen molar-refractivity contribution in [1.82, 2.24) is 4.72 Å². The molecule has 70 valence electrons. The molecule has 1 aromatic carbocycles. The molecule has 0 aromatic heterocycles. The number of carbonyl (C=O) groups excluding carboxylic acids is 1. The van der Waals surface area contributed by atoms with Crippen LogP contribution < -0.4 is 9.44 Å². The molecule has 0 aliphatic heterocycles. The Hall–Kier alpha value is -1.56. The van der Waals surface area contributed by atoms with Gasteiger partial charge >= 0.3 is 10.2 Å². The molecule has 0 saturated carbocycles. The van der Waals surface area contributed by atoms with Crippen molar-refractivity contribution in [3.8, 4) is 0 Å². The molecule has 5 nitrogen and oxygen atoms in total. The van der Waals surface area contributed by atoms with Crippen molar-refractivity contribution in [2.24, 2.45) is 0 Å². The Morgan fingerprint density at radius 1 is 1.15 bits per heavy atom. The average Bonchev–Trinajstić information content (AvgIpc) is 2.04. The zero-order chi connectivity index (χ0) is 9.73. The number of para-hydroxylation sites is 1. The smallest absolute Gasteiger partial charge is 0.278 e. The number of hydrogen-bond acceptors (Lipinski definition) is 3. The monoisotopic (exact) mass is 200 g/mol. The minimum Gasteiger partial charge on any atom is -0.278 e. The van der Waals surface area contributed by atoms with E-state index in [0.29, 0.717) is 5.69 Å². The van der Waals surface area contributed by atoms with Gasteiger partial charge < -0.3 is 0 Å². The summed E-state index contributed by atoms with van der Waals surface area (Å²) >= 11 is 0. The molecule has 1 aromatic rings. The van der Waals surface area contributed by atoms with Gasteiger partial charge in [0.2, 0.25) is 6.41 Å². The highest BCUT2D eigenvalue weighted by Crippen LogP contribution is 2.05. The zero-order valence-electron chi connectivity index (χ0n) is 6.60. The fraction of sp³-hybridized carbons (Fsp3) is 0. The molecule has 0 aliphatic carbocycles. The number of hydrogen-bond donors (Lipinski definition) is 2. The van der Waals surface area contributed by atoms with Gasteiger partial charge in [-0.2, -0.15) is 8.42 Å². The SMILES string of the molecule is O=CNS(=O)(=O)Nc1ccccc1. The first-order valence-corrected chi connectivity index (χ1v) is 4.91. The molecule has 0 saturated heterocycles. The van der Waals surface area contributed by atoms with Crippen molar-refractivity contribution in [3.63, 3.8) is 0 Å². The van der Waals surface area contributed by atoms with Gasteiger partial charge in [0.05, 0.1) is 5.69 Å². The third-order valence-electron chi connectivity index (χ3n) is 1.23. The fourth-order valence-corrected chi connectivity index (χ4v) is 1.39. The van der Waals surface area contributed by atoms with Crippen LogP contribution in [-0.4, -0.2) is 14.8 Å². The van der Waals surface area contributed by atoms with Crippen LogP contribution in [0.1, 0.15) is 0 Å². The fourth-order valence-electron chi connectivity index (χ4n) is 0.754. The van der Waals surface area contributed by atoms with Gasteiger partial charge in [-0.15, -0.1) is 0 Å². The van der Waals surface area contributed by atoms with E-state index in [0.717, 1.165) is 0 Å². The molecular formula is C7H8N2O3S. The number of nitrogens with one attached hydrogen (secondary N) is 2. The van der Waals surface area contributed by atoms with Crippen molar-refractivity contribution in [2.45, 2.75) is 0 Å². The van der Waals surface area contributed by atoms with Crippen molar-refractivity contribution < 1.29 is 13.2 Å². The van der Waals surface area contributed by atoms with E-state index in [1.807, 2.05) is 0 Å². The van der Waals surface area contributed by atoms with Crippen LogP contribution in [0.3, 0.4) is 0 Å². The Bertz CT molecular complexity index is 374. The van der Waals surface area contributed by atoms with Crippen LogP contribution in [0.5, 0.6) is 0 Å². The lowest BCUT2D eigenvalue weighted by atomic mass is 10.3. The minimum atomic E-state index is -3.75. The zero-order valence-corrected chi connectivity index (χ0v) is 7.41. The maximum atomic E-state index is 10.9. The van der Waals surface area contributed by atoms with Crippen LogP contribution in [0.15, 0.2) is 30.3 Å². The summed E-state index contributed by atoms with van der Waals surface area (Å²) < 4.78 is 25.7. The summed E-state index contributed by atoms with van der Waals surface area (Å²) in [5.74, 6) is 0. The highest BCUT2D eigenvalue weighted by Gasteiger charge is 2.06. The Labute approximate surface area is 76.0 Å². The van der Waals surface area contributed by atoms with Crippen LogP contribution in [0.25, 0.3) is 0 Å². The topological polar surface area (TPSA) is 75.3 Å². The second-order valence-electron chi connectivity index (χ2n) is 2.21. The first-order chi connectivity index (χ1) is 6.14. The summed E-state index contributed by atoms with van der Waals surface area (Å²) in [6, 6.07) is 8.26. The number of benzene rings is 1. The van der Waals surface area contributed by atoms with Crippen LogP contribution in [0.2, 0.25) is 0 Å². The largest absolute Gasteiger partial charge is 0.323 e. The maximum Gasteiger partial charge on any atom is 0.323 e. The van der Waals surface area contributed by atoms with Crippen LogP contribution in [0, 0.1) is 0 Å². The lowest BCUT2D eigenvalue weighted by Crippen LogP contribution is -2.28. The van der Waals surface area contributed by atoms with Crippen LogP contribution in [0.4, 0.5) is 5.69 Å². The molecule has 0 unspecified atom stereocenters. The molecular weight excluding hydrogens is 192 g/mol. The molecule has 0 atom stereocenters. The van der Waals surface area contributed by atoms with Crippen molar-refractivity contribution in [2.75, 3.05) is 4.72 Å². The van der Waals surface area contributed by atoms with Gasteiger partial charge in [0.15, 0.2) is 0 Å². The summed E-state index contributed by atoms with van der Waals surface area (Å²) in [5.41, 5.74) is 0.400. The first-order valence-electron chi connectivity index (χ1n) is 3.43. The molecule has 1 rings (SSSR count). The van der Waals surface area contributed by atoms with E-state index in [1.54, 1.807) is 35.1 Å².